The molecule has 0 aliphatic rings. The number of carbonyl (C=O) groups excluding carboxylic acids is 2. The van der Waals surface area contributed by atoms with Crippen molar-refractivity contribution in [3.05, 3.63) is 35.5 Å². The summed E-state index contributed by atoms with van der Waals surface area (Å²) in [6.07, 6.45) is 7.67. The van der Waals surface area contributed by atoms with Gasteiger partial charge in [-0.25, -0.2) is 4.79 Å². The van der Waals surface area contributed by atoms with Gasteiger partial charge in [0.25, 0.3) is 0 Å². The van der Waals surface area contributed by atoms with Crippen molar-refractivity contribution in [3.8, 4) is 0 Å². The van der Waals surface area contributed by atoms with Gasteiger partial charge in [0.15, 0.2) is 0 Å². The van der Waals surface area contributed by atoms with E-state index in [9.17, 15) is 9.59 Å². The summed E-state index contributed by atoms with van der Waals surface area (Å²) in [6, 6.07) is -1.36. The van der Waals surface area contributed by atoms with E-state index in [2.05, 4.69) is 5.32 Å². The molecule has 2 atom stereocenters. The van der Waals surface area contributed by atoms with Crippen molar-refractivity contribution in [2.24, 2.45) is 5.73 Å². The summed E-state index contributed by atoms with van der Waals surface area (Å²) in [6.45, 7) is 9.24. The largest absolute Gasteiger partial charge is 0.460 e. The normalized spacial score (nSPS) is 14.5. The van der Waals surface area contributed by atoms with E-state index in [4.69, 9.17) is 10.5 Å². The van der Waals surface area contributed by atoms with E-state index in [-0.39, 0.29) is 12.5 Å². The fourth-order valence-corrected chi connectivity index (χ4v) is 1.24. The molecule has 0 radical (unpaired) electrons. The SMILES string of the molecule is CC(C)=C/C=C/C(C)=C/COC(=O)[C@H](C)NC(=O)[C@H](C)N. The molecule has 0 aromatic carbocycles. The van der Waals surface area contributed by atoms with E-state index < -0.39 is 18.1 Å². The molecule has 0 rings (SSSR count). The number of nitrogens with two attached hydrogens (primary N) is 1. The van der Waals surface area contributed by atoms with Crippen molar-refractivity contribution >= 4 is 11.9 Å². The minimum Gasteiger partial charge on any atom is -0.460 e. The fraction of sp³-hybridized carbons (Fsp3) is 0.500. The summed E-state index contributed by atoms with van der Waals surface area (Å²) >= 11 is 0. The minimum atomic E-state index is -0.710. The third kappa shape index (κ3) is 9.62. The van der Waals surface area contributed by atoms with Crippen molar-refractivity contribution in [2.75, 3.05) is 6.61 Å². The van der Waals surface area contributed by atoms with Crippen LogP contribution in [0.3, 0.4) is 0 Å². The number of esters is 1. The Morgan fingerprint density at radius 2 is 1.86 bits per heavy atom. The molecule has 0 aromatic rings. The van der Waals surface area contributed by atoms with Gasteiger partial charge in [0.2, 0.25) is 5.91 Å². The van der Waals surface area contributed by atoms with Crippen LogP contribution in [0.1, 0.15) is 34.6 Å². The maximum Gasteiger partial charge on any atom is 0.328 e. The zero-order chi connectivity index (χ0) is 16.4. The molecule has 0 aromatic heterocycles. The van der Waals surface area contributed by atoms with Crippen LogP contribution in [0.5, 0.6) is 0 Å². The van der Waals surface area contributed by atoms with Crippen LogP contribution < -0.4 is 11.1 Å². The lowest BCUT2D eigenvalue weighted by Crippen LogP contribution is -2.46. The lowest BCUT2D eigenvalue weighted by molar-refractivity contribution is -0.146. The highest BCUT2D eigenvalue weighted by Gasteiger charge is 2.18. The number of carbonyl (C=O) groups is 2. The van der Waals surface area contributed by atoms with Gasteiger partial charge >= 0.3 is 5.97 Å². The second-order valence-electron chi connectivity index (χ2n) is 5.20. The van der Waals surface area contributed by atoms with E-state index in [0.717, 1.165) is 5.57 Å². The van der Waals surface area contributed by atoms with Crippen molar-refractivity contribution in [2.45, 2.75) is 46.7 Å². The molecule has 0 saturated carbocycles. The van der Waals surface area contributed by atoms with Crippen LogP contribution in [-0.2, 0) is 14.3 Å². The maximum absolute atomic E-state index is 11.7. The van der Waals surface area contributed by atoms with E-state index >= 15 is 0 Å². The molecule has 3 N–H and O–H groups in total. The first-order valence-electron chi connectivity index (χ1n) is 6.95. The molecule has 118 valence electrons. The van der Waals surface area contributed by atoms with Gasteiger partial charge in [0.05, 0.1) is 6.04 Å². The van der Waals surface area contributed by atoms with E-state index in [1.165, 1.54) is 5.57 Å². The summed E-state index contributed by atoms with van der Waals surface area (Å²) in [7, 11) is 0. The van der Waals surface area contributed by atoms with Gasteiger partial charge in [0.1, 0.15) is 12.6 Å². The molecule has 0 aliphatic heterocycles. The van der Waals surface area contributed by atoms with Crippen LogP contribution in [0.4, 0.5) is 0 Å². The highest BCUT2D eigenvalue weighted by atomic mass is 16.5. The Balaban J connectivity index is 4.21. The van der Waals surface area contributed by atoms with E-state index in [1.54, 1.807) is 19.9 Å². The summed E-state index contributed by atoms with van der Waals surface area (Å²) in [5.41, 5.74) is 7.61. The lowest BCUT2D eigenvalue weighted by atomic mass is 10.2. The van der Waals surface area contributed by atoms with Gasteiger partial charge in [0, 0.05) is 0 Å². The second-order valence-corrected chi connectivity index (χ2v) is 5.20. The summed E-state index contributed by atoms with van der Waals surface area (Å²) in [4.78, 5) is 23.0. The van der Waals surface area contributed by atoms with Crippen molar-refractivity contribution in [3.63, 3.8) is 0 Å². The van der Waals surface area contributed by atoms with Gasteiger partial charge < -0.3 is 15.8 Å². The standard InChI is InChI=1S/C16H26N2O3/c1-11(2)7-6-8-12(3)9-10-21-16(20)14(5)18-15(19)13(4)17/h6-9,13-14H,10,17H2,1-5H3,(H,18,19)/b8-6+,12-9+/t13-,14-/m0/s1. The van der Waals surface area contributed by atoms with Crippen LogP contribution in [0, 0.1) is 0 Å². The molecule has 0 bridgehead atoms. The first-order valence-corrected chi connectivity index (χ1v) is 6.95. The summed E-state index contributed by atoms with van der Waals surface area (Å²) in [5, 5.41) is 2.48. The number of allylic oxidation sites excluding steroid dienone is 5. The molecular weight excluding hydrogens is 268 g/mol. The van der Waals surface area contributed by atoms with Crippen LogP contribution in [0.2, 0.25) is 0 Å². The first-order chi connectivity index (χ1) is 9.73. The summed E-state index contributed by atoms with van der Waals surface area (Å²) < 4.78 is 5.06. The van der Waals surface area contributed by atoms with Crippen molar-refractivity contribution in [1.29, 1.82) is 0 Å². The highest BCUT2D eigenvalue weighted by Crippen LogP contribution is 1.98. The molecule has 0 saturated heterocycles. The van der Waals surface area contributed by atoms with Gasteiger partial charge in [-0.15, -0.1) is 0 Å². The topological polar surface area (TPSA) is 81.4 Å². The molecule has 0 heterocycles. The summed E-state index contributed by atoms with van der Waals surface area (Å²) in [5.74, 6) is -0.864. The monoisotopic (exact) mass is 294 g/mol. The molecule has 1 amide bonds. The van der Waals surface area contributed by atoms with E-state index in [0.29, 0.717) is 0 Å². The smallest absolute Gasteiger partial charge is 0.328 e. The Bertz CT molecular complexity index is 444. The lowest BCUT2D eigenvalue weighted by Gasteiger charge is -2.14. The molecule has 5 heteroatoms. The number of rotatable bonds is 7. The Labute approximate surface area is 126 Å². The van der Waals surface area contributed by atoms with Crippen LogP contribution in [0.15, 0.2) is 35.5 Å². The van der Waals surface area contributed by atoms with Gasteiger partial charge in [-0.3, -0.25) is 4.79 Å². The molecule has 0 spiro atoms. The second kappa shape index (κ2) is 9.94. The number of nitrogens with one attached hydrogen (secondary N) is 1. The number of amides is 1. The third-order valence-corrected chi connectivity index (χ3v) is 2.55. The average Bonchev–Trinajstić information content (AvgIpc) is 2.37. The maximum atomic E-state index is 11.7. The number of hydrogen-bond donors (Lipinski definition) is 2. The third-order valence-electron chi connectivity index (χ3n) is 2.55. The minimum absolute atomic E-state index is 0.169. The zero-order valence-electron chi connectivity index (χ0n) is 13.5. The van der Waals surface area contributed by atoms with Crippen LogP contribution >= 0.6 is 0 Å². The van der Waals surface area contributed by atoms with Gasteiger partial charge in [-0.1, -0.05) is 29.4 Å². The molecule has 0 fully saturated rings. The number of hydrogen-bond acceptors (Lipinski definition) is 4. The Morgan fingerprint density at radius 3 is 2.38 bits per heavy atom. The quantitative estimate of drug-likeness (QED) is 0.554. The van der Waals surface area contributed by atoms with Crippen molar-refractivity contribution < 1.29 is 14.3 Å². The van der Waals surface area contributed by atoms with Crippen molar-refractivity contribution in [1.82, 2.24) is 5.32 Å². The van der Waals surface area contributed by atoms with E-state index in [1.807, 2.05) is 39.0 Å². The molecule has 21 heavy (non-hydrogen) atoms. The van der Waals surface area contributed by atoms with Gasteiger partial charge in [-0.2, -0.15) is 0 Å². The molecule has 5 nitrogen and oxygen atoms in total. The number of ether oxygens (including phenoxy) is 1. The zero-order valence-corrected chi connectivity index (χ0v) is 13.5. The van der Waals surface area contributed by atoms with Crippen LogP contribution in [-0.4, -0.2) is 30.6 Å². The highest BCUT2D eigenvalue weighted by molar-refractivity contribution is 5.86. The Morgan fingerprint density at radius 1 is 1.24 bits per heavy atom. The predicted octanol–water partition coefficient (Wildman–Crippen LogP) is 1.85. The molecule has 0 unspecified atom stereocenters. The predicted molar refractivity (Wildman–Crippen MR) is 84.5 cm³/mol. The Kier molecular flexibility index (Phi) is 9.05. The van der Waals surface area contributed by atoms with Crippen LogP contribution in [0.25, 0.3) is 0 Å². The average molecular weight is 294 g/mol. The molecule has 0 aliphatic carbocycles. The Hall–Kier alpha value is -1.88. The van der Waals surface area contributed by atoms with Gasteiger partial charge in [-0.05, 0) is 40.7 Å². The first kappa shape index (κ1) is 19.1. The fourth-order valence-electron chi connectivity index (χ4n) is 1.24. The molecular formula is C16H26N2O3.